The molecule has 0 aromatic carbocycles. The molecule has 11 heavy (non-hydrogen) atoms. The third-order valence-electron chi connectivity index (χ3n) is 2.22. The third kappa shape index (κ3) is 3.18. The number of rotatable bonds is 3. The zero-order chi connectivity index (χ0) is 8.10. The van der Waals surface area contributed by atoms with Crippen LogP contribution >= 0.6 is 0 Å². The fourth-order valence-electron chi connectivity index (χ4n) is 1.58. The van der Waals surface area contributed by atoms with Crippen molar-refractivity contribution < 1.29 is 10.2 Å². The van der Waals surface area contributed by atoms with Crippen LogP contribution in [0, 0.1) is 5.92 Å². The summed E-state index contributed by atoms with van der Waals surface area (Å²) in [5.41, 5.74) is 0. The first kappa shape index (κ1) is 8.97. The Labute approximate surface area is 67.4 Å². The van der Waals surface area contributed by atoms with Crippen LogP contribution in [-0.4, -0.2) is 36.0 Å². The van der Waals surface area contributed by atoms with Crippen LogP contribution in [0.25, 0.3) is 0 Å². The van der Waals surface area contributed by atoms with Crippen molar-refractivity contribution in [2.75, 3.05) is 19.7 Å². The lowest BCUT2D eigenvalue weighted by molar-refractivity contribution is 0.0701. The van der Waals surface area contributed by atoms with Crippen LogP contribution in [0.1, 0.15) is 19.3 Å². The molecule has 66 valence electrons. The van der Waals surface area contributed by atoms with Crippen LogP contribution in [0.2, 0.25) is 0 Å². The van der Waals surface area contributed by atoms with Gasteiger partial charge in [0.2, 0.25) is 0 Å². The molecule has 0 amide bonds. The summed E-state index contributed by atoms with van der Waals surface area (Å²) >= 11 is 0. The average Bonchev–Trinajstić information content (AvgIpc) is 2.06. The predicted octanol–water partition coefficient (Wildman–Crippen LogP) is -0.271. The molecule has 1 aliphatic heterocycles. The molecule has 0 saturated carbocycles. The largest absolute Gasteiger partial charge is 0.394 e. The van der Waals surface area contributed by atoms with Gasteiger partial charge in [-0.25, -0.2) is 0 Å². The number of hydrogen-bond donors (Lipinski definition) is 3. The standard InChI is InChI=1S/C8H17NO2/c10-6-8(11)4-7-2-1-3-9-5-7/h7-11H,1-6H2. The van der Waals surface area contributed by atoms with Crippen molar-refractivity contribution in [3.8, 4) is 0 Å². The summed E-state index contributed by atoms with van der Waals surface area (Å²) in [4.78, 5) is 0. The van der Waals surface area contributed by atoms with Gasteiger partial charge in [0.15, 0.2) is 0 Å². The number of aliphatic hydroxyl groups is 2. The number of hydrogen-bond acceptors (Lipinski definition) is 3. The van der Waals surface area contributed by atoms with Crippen LogP contribution < -0.4 is 5.32 Å². The summed E-state index contributed by atoms with van der Waals surface area (Å²) in [6.45, 7) is 2.00. The van der Waals surface area contributed by atoms with E-state index in [9.17, 15) is 0 Å². The molecule has 0 bridgehead atoms. The van der Waals surface area contributed by atoms with Gasteiger partial charge >= 0.3 is 0 Å². The second-order valence-electron chi connectivity index (χ2n) is 3.28. The van der Waals surface area contributed by atoms with Gasteiger partial charge in [0.1, 0.15) is 0 Å². The van der Waals surface area contributed by atoms with Crippen molar-refractivity contribution in [2.24, 2.45) is 5.92 Å². The fraction of sp³-hybridized carbons (Fsp3) is 1.00. The molecule has 0 radical (unpaired) electrons. The van der Waals surface area contributed by atoms with E-state index in [1.165, 1.54) is 12.8 Å². The lowest BCUT2D eigenvalue weighted by atomic mass is 9.94. The van der Waals surface area contributed by atoms with Gasteiger partial charge in [-0.15, -0.1) is 0 Å². The van der Waals surface area contributed by atoms with Crippen molar-refractivity contribution in [3.63, 3.8) is 0 Å². The first-order valence-electron chi connectivity index (χ1n) is 4.32. The minimum Gasteiger partial charge on any atom is -0.394 e. The predicted molar refractivity (Wildman–Crippen MR) is 43.3 cm³/mol. The zero-order valence-electron chi connectivity index (χ0n) is 6.79. The first-order valence-corrected chi connectivity index (χ1v) is 4.32. The van der Waals surface area contributed by atoms with Crippen molar-refractivity contribution in [3.05, 3.63) is 0 Å². The Morgan fingerprint density at radius 1 is 1.55 bits per heavy atom. The molecule has 1 fully saturated rings. The van der Waals surface area contributed by atoms with Gasteiger partial charge in [-0.1, -0.05) is 0 Å². The smallest absolute Gasteiger partial charge is 0.0774 e. The van der Waals surface area contributed by atoms with E-state index < -0.39 is 6.10 Å². The van der Waals surface area contributed by atoms with E-state index in [1.54, 1.807) is 0 Å². The van der Waals surface area contributed by atoms with Gasteiger partial charge in [-0.2, -0.15) is 0 Å². The minimum absolute atomic E-state index is 0.101. The summed E-state index contributed by atoms with van der Waals surface area (Å²) in [6.07, 6.45) is 2.61. The third-order valence-corrected chi connectivity index (χ3v) is 2.22. The number of aliphatic hydroxyl groups excluding tert-OH is 2. The molecule has 0 spiro atoms. The Bertz CT molecular complexity index is 102. The maximum absolute atomic E-state index is 9.13. The zero-order valence-corrected chi connectivity index (χ0v) is 6.79. The van der Waals surface area contributed by atoms with Gasteiger partial charge in [-0.05, 0) is 38.3 Å². The minimum atomic E-state index is -0.514. The van der Waals surface area contributed by atoms with E-state index in [0.717, 1.165) is 19.5 Å². The van der Waals surface area contributed by atoms with Crippen LogP contribution in [0.15, 0.2) is 0 Å². The van der Waals surface area contributed by atoms with E-state index in [2.05, 4.69) is 5.32 Å². The number of piperidine rings is 1. The highest BCUT2D eigenvalue weighted by Crippen LogP contribution is 2.15. The molecule has 3 N–H and O–H groups in total. The van der Waals surface area contributed by atoms with Crippen molar-refractivity contribution >= 4 is 0 Å². The molecular weight excluding hydrogens is 142 g/mol. The number of nitrogens with one attached hydrogen (secondary N) is 1. The summed E-state index contributed by atoms with van der Waals surface area (Å²) in [5.74, 6) is 0.561. The molecule has 0 aliphatic carbocycles. The summed E-state index contributed by atoms with van der Waals surface area (Å²) < 4.78 is 0. The quantitative estimate of drug-likeness (QED) is 0.531. The Morgan fingerprint density at radius 2 is 2.36 bits per heavy atom. The maximum atomic E-state index is 9.13. The Hall–Kier alpha value is -0.120. The van der Waals surface area contributed by atoms with Gasteiger partial charge < -0.3 is 15.5 Å². The molecule has 1 aliphatic rings. The SMILES string of the molecule is OCC(O)CC1CCCNC1. The lowest BCUT2D eigenvalue weighted by Crippen LogP contribution is -2.32. The molecule has 0 aromatic heterocycles. The second kappa shape index (κ2) is 4.70. The van der Waals surface area contributed by atoms with Crippen molar-refractivity contribution in [2.45, 2.75) is 25.4 Å². The fourth-order valence-corrected chi connectivity index (χ4v) is 1.58. The summed E-state index contributed by atoms with van der Waals surface area (Å²) in [6, 6.07) is 0. The topological polar surface area (TPSA) is 52.5 Å². The molecule has 0 aromatic rings. The van der Waals surface area contributed by atoms with Gasteiger partial charge in [-0.3, -0.25) is 0 Å². The normalized spacial score (nSPS) is 28.4. The van der Waals surface area contributed by atoms with E-state index in [4.69, 9.17) is 10.2 Å². The molecule has 1 rings (SSSR count). The Balaban J connectivity index is 2.13. The average molecular weight is 159 g/mol. The van der Waals surface area contributed by atoms with Crippen LogP contribution in [0.5, 0.6) is 0 Å². The monoisotopic (exact) mass is 159 g/mol. The van der Waals surface area contributed by atoms with Crippen molar-refractivity contribution in [1.29, 1.82) is 0 Å². The van der Waals surface area contributed by atoms with Gasteiger partial charge in [0, 0.05) is 0 Å². The van der Waals surface area contributed by atoms with Gasteiger partial charge in [0.25, 0.3) is 0 Å². The highest BCUT2D eigenvalue weighted by molar-refractivity contribution is 4.71. The van der Waals surface area contributed by atoms with Crippen LogP contribution in [-0.2, 0) is 0 Å². The molecule has 2 unspecified atom stereocenters. The lowest BCUT2D eigenvalue weighted by Gasteiger charge is -2.24. The molecule has 2 atom stereocenters. The molecule has 1 saturated heterocycles. The highest BCUT2D eigenvalue weighted by Gasteiger charge is 2.16. The molecular formula is C8H17NO2. The van der Waals surface area contributed by atoms with Crippen LogP contribution in [0.3, 0.4) is 0 Å². The van der Waals surface area contributed by atoms with Gasteiger partial charge in [0.05, 0.1) is 12.7 Å². The van der Waals surface area contributed by atoms with E-state index in [1.807, 2.05) is 0 Å². The van der Waals surface area contributed by atoms with E-state index in [-0.39, 0.29) is 6.61 Å². The van der Waals surface area contributed by atoms with Crippen molar-refractivity contribution in [1.82, 2.24) is 5.32 Å². The van der Waals surface area contributed by atoms with E-state index >= 15 is 0 Å². The summed E-state index contributed by atoms with van der Waals surface area (Å²) in [7, 11) is 0. The van der Waals surface area contributed by atoms with Crippen LogP contribution in [0.4, 0.5) is 0 Å². The van der Waals surface area contributed by atoms with E-state index in [0.29, 0.717) is 5.92 Å². The maximum Gasteiger partial charge on any atom is 0.0774 e. The molecule has 3 heteroatoms. The first-order chi connectivity index (χ1) is 5.33. The molecule has 3 nitrogen and oxygen atoms in total. The molecule has 1 heterocycles. The second-order valence-corrected chi connectivity index (χ2v) is 3.28. The Kier molecular flexibility index (Phi) is 3.83. The highest BCUT2D eigenvalue weighted by atomic mass is 16.3. The summed E-state index contributed by atoms with van der Waals surface area (Å²) in [5, 5.41) is 21.0. The Morgan fingerprint density at radius 3 is 2.91 bits per heavy atom.